The number of nitro benzene ring substituents is 1. The number of hydrogen-bond donors (Lipinski definition) is 0. The van der Waals surface area contributed by atoms with Gasteiger partial charge in [0.2, 0.25) is 0 Å². The summed E-state index contributed by atoms with van der Waals surface area (Å²) in [6.45, 7) is 0. The van der Waals surface area contributed by atoms with E-state index in [4.69, 9.17) is 11.6 Å². The zero-order chi connectivity index (χ0) is 20.5. The molecule has 2 aromatic carbocycles. The van der Waals surface area contributed by atoms with Crippen LogP contribution in [0.1, 0.15) is 5.69 Å². The van der Waals surface area contributed by atoms with Crippen LogP contribution in [0.4, 0.5) is 16.2 Å². The number of hydrogen-bond acceptors (Lipinski definition) is 5. The molecule has 1 aliphatic heterocycles. The minimum Gasteiger partial charge on any atom is -0.317 e. The lowest BCUT2D eigenvalue weighted by Gasteiger charge is -2.12. The lowest BCUT2D eigenvalue weighted by molar-refractivity contribution is -0.384. The number of amides is 2. The van der Waals surface area contributed by atoms with Crippen molar-refractivity contribution in [3.8, 4) is 5.69 Å². The second-order valence-electron chi connectivity index (χ2n) is 6.07. The van der Waals surface area contributed by atoms with Crippen LogP contribution < -0.4 is 4.90 Å². The van der Waals surface area contributed by atoms with Crippen LogP contribution in [-0.4, -0.2) is 20.6 Å². The maximum Gasteiger partial charge on any atom is 0.298 e. The van der Waals surface area contributed by atoms with E-state index in [1.165, 1.54) is 12.1 Å². The third-order valence-corrected chi connectivity index (χ3v) is 5.40. The number of nitrogens with zero attached hydrogens (tertiary/aromatic N) is 3. The minimum absolute atomic E-state index is 0.00783. The van der Waals surface area contributed by atoms with Crippen LogP contribution in [-0.2, 0) is 4.79 Å². The molecule has 1 fully saturated rings. The molecule has 0 bridgehead atoms. The third kappa shape index (κ3) is 3.67. The van der Waals surface area contributed by atoms with E-state index < -0.39 is 16.1 Å². The zero-order valence-electron chi connectivity index (χ0n) is 14.7. The smallest absolute Gasteiger partial charge is 0.298 e. The number of thioether (sulfide) groups is 1. The van der Waals surface area contributed by atoms with Gasteiger partial charge in [-0.25, -0.2) is 4.90 Å². The van der Waals surface area contributed by atoms with Gasteiger partial charge >= 0.3 is 0 Å². The maximum atomic E-state index is 12.8. The summed E-state index contributed by atoms with van der Waals surface area (Å²) < 4.78 is 1.78. The minimum atomic E-state index is -0.465. The molecule has 9 heteroatoms. The fourth-order valence-corrected chi connectivity index (χ4v) is 3.85. The van der Waals surface area contributed by atoms with E-state index in [2.05, 4.69) is 0 Å². The number of nitro groups is 1. The van der Waals surface area contributed by atoms with Crippen LogP contribution in [0.25, 0.3) is 11.8 Å². The zero-order valence-corrected chi connectivity index (χ0v) is 16.3. The molecular formula is C20H12ClN3O4S. The Morgan fingerprint density at radius 3 is 2.28 bits per heavy atom. The van der Waals surface area contributed by atoms with Crippen molar-refractivity contribution in [3.05, 3.63) is 92.6 Å². The SMILES string of the molecule is O=C1S/C(=C/c2cccn2-c2ccc([N+](=O)[O-])cc2)C(=O)N1c1ccc(Cl)cc1. The van der Waals surface area contributed by atoms with Crippen molar-refractivity contribution in [1.29, 1.82) is 0 Å². The Balaban J connectivity index is 1.65. The van der Waals surface area contributed by atoms with E-state index in [0.29, 0.717) is 22.1 Å². The van der Waals surface area contributed by atoms with Crippen molar-refractivity contribution < 1.29 is 14.5 Å². The number of rotatable bonds is 4. The van der Waals surface area contributed by atoms with Gasteiger partial charge in [-0.1, -0.05) is 11.6 Å². The Kier molecular flexibility index (Phi) is 4.96. The first kappa shape index (κ1) is 19.0. The van der Waals surface area contributed by atoms with Gasteiger partial charge in [-0.3, -0.25) is 19.7 Å². The van der Waals surface area contributed by atoms with E-state index >= 15 is 0 Å². The van der Waals surface area contributed by atoms with Crippen LogP contribution in [0.15, 0.2) is 71.8 Å². The molecule has 2 amide bonds. The average molecular weight is 426 g/mol. The number of imide groups is 1. The molecule has 0 saturated carbocycles. The van der Waals surface area contributed by atoms with Gasteiger partial charge in [0, 0.05) is 34.7 Å². The molecule has 1 aromatic heterocycles. The van der Waals surface area contributed by atoms with Crippen LogP contribution in [0, 0.1) is 10.1 Å². The van der Waals surface area contributed by atoms with Crippen LogP contribution in [0.5, 0.6) is 0 Å². The summed E-state index contributed by atoms with van der Waals surface area (Å²) in [5, 5.41) is 11.0. The highest BCUT2D eigenvalue weighted by Crippen LogP contribution is 2.36. The molecule has 7 nitrogen and oxygen atoms in total. The molecule has 29 heavy (non-hydrogen) atoms. The quantitative estimate of drug-likeness (QED) is 0.322. The second-order valence-corrected chi connectivity index (χ2v) is 7.50. The number of carbonyl (C=O) groups is 2. The van der Waals surface area contributed by atoms with Gasteiger partial charge in [-0.15, -0.1) is 0 Å². The normalized spacial score (nSPS) is 15.3. The van der Waals surface area contributed by atoms with E-state index in [-0.39, 0.29) is 10.6 Å². The first-order valence-electron chi connectivity index (χ1n) is 8.40. The van der Waals surface area contributed by atoms with Crippen molar-refractivity contribution in [3.63, 3.8) is 0 Å². The van der Waals surface area contributed by atoms with Crippen LogP contribution >= 0.6 is 23.4 Å². The Morgan fingerprint density at radius 2 is 1.62 bits per heavy atom. The first-order valence-corrected chi connectivity index (χ1v) is 9.59. The summed E-state index contributed by atoms with van der Waals surface area (Å²) in [7, 11) is 0. The molecule has 2 heterocycles. The number of aromatic nitrogens is 1. The molecule has 0 aliphatic carbocycles. The number of carbonyl (C=O) groups excluding carboxylic acids is 2. The van der Waals surface area contributed by atoms with Crippen molar-refractivity contribution in [1.82, 2.24) is 4.57 Å². The van der Waals surface area contributed by atoms with Gasteiger partial charge in [0.05, 0.1) is 15.5 Å². The monoisotopic (exact) mass is 425 g/mol. The van der Waals surface area contributed by atoms with Gasteiger partial charge < -0.3 is 4.57 Å². The molecule has 0 radical (unpaired) electrons. The molecule has 1 saturated heterocycles. The molecule has 0 N–H and O–H groups in total. The molecule has 0 spiro atoms. The molecule has 144 valence electrons. The van der Waals surface area contributed by atoms with Crippen molar-refractivity contribution in [2.45, 2.75) is 0 Å². The van der Waals surface area contributed by atoms with Crippen LogP contribution in [0.3, 0.4) is 0 Å². The lowest BCUT2D eigenvalue weighted by atomic mass is 10.2. The van der Waals surface area contributed by atoms with Gasteiger partial charge in [0.15, 0.2) is 0 Å². The summed E-state index contributed by atoms with van der Waals surface area (Å²) in [5.74, 6) is -0.418. The molecule has 0 unspecified atom stereocenters. The summed E-state index contributed by atoms with van der Waals surface area (Å²) in [5.41, 5.74) is 1.81. The Bertz CT molecular complexity index is 1150. The van der Waals surface area contributed by atoms with Gasteiger partial charge in [0.1, 0.15) is 0 Å². The number of non-ortho nitro benzene ring substituents is 1. The third-order valence-electron chi connectivity index (χ3n) is 4.28. The van der Waals surface area contributed by atoms with Gasteiger partial charge in [-0.2, -0.15) is 0 Å². The highest BCUT2D eigenvalue weighted by molar-refractivity contribution is 8.19. The van der Waals surface area contributed by atoms with Crippen molar-refractivity contribution >= 4 is 52.0 Å². The summed E-state index contributed by atoms with van der Waals surface area (Å²) in [6, 6.07) is 16.1. The Labute approximate surface area is 174 Å². The molecule has 0 atom stereocenters. The van der Waals surface area contributed by atoms with E-state index in [9.17, 15) is 19.7 Å². The van der Waals surface area contributed by atoms with E-state index in [1.807, 2.05) is 0 Å². The molecule has 4 rings (SSSR count). The summed E-state index contributed by atoms with van der Waals surface area (Å²) >= 11 is 6.72. The van der Waals surface area contributed by atoms with E-state index in [0.717, 1.165) is 16.7 Å². The fraction of sp³-hybridized carbons (Fsp3) is 0. The fourth-order valence-electron chi connectivity index (χ4n) is 2.90. The highest BCUT2D eigenvalue weighted by atomic mass is 35.5. The number of halogens is 1. The molecule has 1 aliphatic rings. The standard InChI is InChI=1S/C20H12ClN3O4S/c21-13-3-5-15(6-4-13)23-19(25)18(29-20(23)26)12-17-2-1-11-22(17)14-7-9-16(10-8-14)24(27)28/h1-12H/b18-12+. The molecule has 3 aromatic rings. The predicted octanol–water partition coefficient (Wildman–Crippen LogP) is 5.28. The maximum absolute atomic E-state index is 12.8. The Hall–Kier alpha value is -3.36. The second kappa shape index (κ2) is 7.57. The number of benzene rings is 2. The highest BCUT2D eigenvalue weighted by Gasteiger charge is 2.36. The topological polar surface area (TPSA) is 85.5 Å². The van der Waals surface area contributed by atoms with Crippen molar-refractivity contribution in [2.24, 2.45) is 0 Å². The lowest BCUT2D eigenvalue weighted by Crippen LogP contribution is -2.27. The summed E-state index contributed by atoms with van der Waals surface area (Å²) in [6.07, 6.45) is 3.40. The van der Waals surface area contributed by atoms with Gasteiger partial charge in [0.25, 0.3) is 16.8 Å². The average Bonchev–Trinajstić information content (AvgIpc) is 3.27. The Morgan fingerprint density at radius 1 is 0.966 bits per heavy atom. The first-order chi connectivity index (χ1) is 13.9. The van der Waals surface area contributed by atoms with Gasteiger partial charge in [-0.05, 0) is 66.4 Å². The van der Waals surface area contributed by atoms with Crippen LogP contribution in [0.2, 0.25) is 5.02 Å². The molecular weight excluding hydrogens is 414 g/mol. The van der Waals surface area contributed by atoms with E-state index in [1.54, 1.807) is 65.4 Å². The largest absolute Gasteiger partial charge is 0.317 e. The summed E-state index contributed by atoms with van der Waals surface area (Å²) in [4.78, 5) is 36.9. The predicted molar refractivity (Wildman–Crippen MR) is 112 cm³/mol. The number of anilines is 1. The van der Waals surface area contributed by atoms with Crippen molar-refractivity contribution in [2.75, 3.05) is 4.90 Å².